The van der Waals surface area contributed by atoms with Crippen LogP contribution in [0.15, 0.2) is 18.2 Å². The van der Waals surface area contributed by atoms with Gasteiger partial charge in [-0.15, -0.1) is 0 Å². The molecule has 16 heavy (non-hydrogen) atoms. The van der Waals surface area contributed by atoms with Gasteiger partial charge in [0.25, 0.3) is 5.69 Å². The Morgan fingerprint density at radius 3 is 2.88 bits per heavy atom. The number of hydrogen-bond acceptors (Lipinski definition) is 4. The van der Waals surface area contributed by atoms with E-state index in [1.807, 2.05) is 6.92 Å². The van der Waals surface area contributed by atoms with Crippen molar-refractivity contribution in [2.24, 2.45) is 5.73 Å². The Labute approximate surface area is 103 Å². The summed E-state index contributed by atoms with van der Waals surface area (Å²) in [4.78, 5) is 10.4. The predicted octanol–water partition coefficient (Wildman–Crippen LogP) is 2.83. The number of hydrogen-bond donors (Lipinski definition) is 1. The van der Waals surface area contributed by atoms with E-state index in [9.17, 15) is 10.1 Å². The highest BCUT2D eigenvalue weighted by atomic mass is 35.5. The molecule has 0 amide bonds. The molecule has 1 aromatic carbocycles. The molecule has 6 heteroatoms. The maximum absolute atomic E-state index is 10.8. The molecule has 1 rings (SSSR count). The summed E-state index contributed by atoms with van der Waals surface area (Å²) < 4.78 is 0. The van der Waals surface area contributed by atoms with E-state index in [2.05, 4.69) is 0 Å². The van der Waals surface area contributed by atoms with Crippen molar-refractivity contribution in [1.82, 2.24) is 0 Å². The molecule has 1 unspecified atom stereocenters. The Hall–Kier alpha value is -0.780. The highest BCUT2D eigenvalue weighted by molar-refractivity contribution is 7.99. The number of nitrogens with zero attached hydrogens (tertiary/aromatic N) is 1. The molecule has 0 saturated heterocycles. The monoisotopic (exact) mass is 260 g/mol. The summed E-state index contributed by atoms with van der Waals surface area (Å²) >= 11 is 7.51. The van der Waals surface area contributed by atoms with E-state index in [0.29, 0.717) is 22.9 Å². The van der Waals surface area contributed by atoms with Gasteiger partial charge in [0, 0.05) is 23.6 Å². The minimum Gasteiger partial charge on any atom is -0.329 e. The summed E-state index contributed by atoms with van der Waals surface area (Å²) in [7, 11) is 0. The molecular formula is C10H13ClN2O2S. The minimum absolute atomic E-state index is 0.0734. The third-order valence-corrected chi connectivity index (χ3v) is 3.71. The van der Waals surface area contributed by atoms with Crippen molar-refractivity contribution in [2.75, 3.05) is 6.54 Å². The summed E-state index contributed by atoms with van der Waals surface area (Å²) in [6.07, 6.45) is 0. The number of benzene rings is 1. The lowest BCUT2D eigenvalue weighted by Gasteiger charge is -2.09. The first-order valence-corrected chi connectivity index (χ1v) is 6.22. The van der Waals surface area contributed by atoms with Crippen molar-refractivity contribution < 1.29 is 4.92 Å². The van der Waals surface area contributed by atoms with Crippen LogP contribution < -0.4 is 5.73 Å². The molecule has 4 nitrogen and oxygen atoms in total. The molecule has 0 bridgehead atoms. The lowest BCUT2D eigenvalue weighted by atomic mass is 10.2. The molecular weight excluding hydrogens is 248 g/mol. The second kappa shape index (κ2) is 6.08. The lowest BCUT2D eigenvalue weighted by molar-refractivity contribution is -0.385. The van der Waals surface area contributed by atoms with Gasteiger partial charge in [-0.05, 0) is 6.07 Å². The lowest BCUT2D eigenvalue weighted by Crippen LogP contribution is -2.12. The highest BCUT2D eigenvalue weighted by Gasteiger charge is 2.17. The van der Waals surface area contributed by atoms with E-state index in [-0.39, 0.29) is 10.9 Å². The van der Waals surface area contributed by atoms with Crippen molar-refractivity contribution >= 4 is 29.1 Å². The fourth-order valence-corrected chi connectivity index (χ4v) is 2.36. The van der Waals surface area contributed by atoms with Crippen molar-refractivity contribution in [3.05, 3.63) is 38.9 Å². The Bertz CT molecular complexity index is 387. The van der Waals surface area contributed by atoms with Crippen LogP contribution in [0.5, 0.6) is 0 Å². The molecule has 1 atom stereocenters. The van der Waals surface area contributed by atoms with Crippen LogP contribution in [0.25, 0.3) is 0 Å². The van der Waals surface area contributed by atoms with E-state index in [1.54, 1.807) is 23.9 Å². The Balaban J connectivity index is 2.88. The number of halogens is 1. The summed E-state index contributed by atoms with van der Waals surface area (Å²) in [5.41, 5.74) is 6.13. The van der Waals surface area contributed by atoms with Gasteiger partial charge in [-0.2, -0.15) is 11.8 Å². The molecule has 0 fully saturated rings. The van der Waals surface area contributed by atoms with Crippen LogP contribution in [0.2, 0.25) is 5.02 Å². The van der Waals surface area contributed by atoms with E-state index in [1.165, 1.54) is 6.07 Å². The zero-order chi connectivity index (χ0) is 12.1. The SMILES string of the molecule is CC(CN)SCc1c(Cl)cccc1[N+](=O)[O-]. The summed E-state index contributed by atoms with van der Waals surface area (Å²) in [6.45, 7) is 2.52. The van der Waals surface area contributed by atoms with Crippen LogP contribution in [0, 0.1) is 10.1 Å². The summed E-state index contributed by atoms with van der Waals surface area (Å²) in [5, 5.41) is 11.5. The van der Waals surface area contributed by atoms with Crippen LogP contribution >= 0.6 is 23.4 Å². The number of thioether (sulfide) groups is 1. The van der Waals surface area contributed by atoms with E-state index < -0.39 is 4.92 Å². The Morgan fingerprint density at radius 2 is 2.31 bits per heavy atom. The van der Waals surface area contributed by atoms with Gasteiger partial charge < -0.3 is 5.73 Å². The average molecular weight is 261 g/mol. The van der Waals surface area contributed by atoms with Crippen molar-refractivity contribution in [2.45, 2.75) is 17.9 Å². The second-order valence-electron chi connectivity index (χ2n) is 3.35. The van der Waals surface area contributed by atoms with Crippen molar-refractivity contribution in [1.29, 1.82) is 0 Å². The molecule has 0 radical (unpaired) electrons. The fraction of sp³-hybridized carbons (Fsp3) is 0.400. The van der Waals surface area contributed by atoms with Crippen LogP contribution in [0.4, 0.5) is 5.69 Å². The van der Waals surface area contributed by atoms with Gasteiger partial charge in [0.1, 0.15) is 0 Å². The minimum atomic E-state index is -0.408. The van der Waals surface area contributed by atoms with E-state index in [0.717, 1.165) is 0 Å². The average Bonchev–Trinajstić information content (AvgIpc) is 2.26. The molecule has 0 heterocycles. The standard InChI is InChI=1S/C10H13ClN2O2S/c1-7(5-12)16-6-8-9(11)3-2-4-10(8)13(14)15/h2-4,7H,5-6,12H2,1H3. The second-order valence-corrected chi connectivity index (χ2v) is 5.19. The van der Waals surface area contributed by atoms with Crippen LogP contribution in [0.1, 0.15) is 12.5 Å². The fourth-order valence-electron chi connectivity index (χ4n) is 1.15. The first kappa shape index (κ1) is 13.3. The van der Waals surface area contributed by atoms with Gasteiger partial charge in [0.15, 0.2) is 0 Å². The molecule has 0 saturated carbocycles. The van der Waals surface area contributed by atoms with Crippen LogP contribution in [-0.2, 0) is 5.75 Å². The molecule has 1 aromatic rings. The predicted molar refractivity (Wildman–Crippen MR) is 67.9 cm³/mol. The van der Waals surface area contributed by atoms with Gasteiger partial charge in [-0.25, -0.2) is 0 Å². The maximum Gasteiger partial charge on any atom is 0.274 e. The molecule has 2 N–H and O–H groups in total. The summed E-state index contributed by atoms with van der Waals surface area (Å²) in [5.74, 6) is 0.508. The highest BCUT2D eigenvalue weighted by Crippen LogP contribution is 2.30. The molecule has 0 aliphatic rings. The van der Waals surface area contributed by atoms with Gasteiger partial charge in [-0.3, -0.25) is 10.1 Å². The van der Waals surface area contributed by atoms with Crippen LogP contribution in [0.3, 0.4) is 0 Å². The maximum atomic E-state index is 10.8. The Kier molecular flexibility index (Phi) is 5.05. The van der Waals surface area contributed by atoms with Gasteiger partial charge >= 0.3 is 0 Å². The van der Waals surface area contributed by atoms with Crippen molar-refractivity contribution in [3.8, 4) is 0 Å². The Morgan fingerprint density at radius 1 is 1.62 bits per heavy atom. The first-order chi connectivity index (χ1) is 7.56. The zero-order valence-electron chi connectivity index (χ0n) is 8.85. The third-order valence-electron chi connectivity index (χ3n) is 2.13. The molecule has 0 aromatic heterocycles. The number of nitro groups is 1. The van der Waals surface area contributed by atoms with E-state index in [4.69, 9.17) is 17.3 Å². The first-order valence-electron chi connectivity index (χ1n) is 4.79. The van der Waals surface area contributed by atoms with Crippen molar-refractivity contribution in [3.63, 3.8) is 0 Å². The topological polar surface area (TPSA) is 69.2 Å². The smallest absolute Gasteiger partial charge is 0.274 e. The van der Waals surface area contributed by atoms with Gasteiger partial charge in [0.05, 0.1) is 15.5 Å². The molecule has 88 valence electrons. The zero-order valence-corrected chi connectivity index (χ0v) is 10.4. The molecule has 0 spiro atoms. The number of nitrogens with two attached hydrogens (primary N) is 1. The molecule has 0 aliphatic heterocycles. The number of nitro benzene ring substituents is 1. The van der Waals surface area contributed by atoms with E-state index >= 15 is 0 Å². The number of rotatable bonds is 5. The largest absolute Gasteiger partial charge is 0.329 e. The van der Waals surface area contributed by atoms with Gasteiger partial charge in [0.2, 0.25) is 0 Å². The molecule has 0 aliphatic carbocycles. The summed E-state index contributed by atoms with van der Waals surface area (Å²) in [6, 6.07) is 4.72. The quantitative estimate of drug-likeness (QED) is 0.653. The van der Waals surface area contributed by atoms with Crippen LogP contribution in [-0.4, -0.2) is 16.7 Å². The third kappa shape index (κ3) is 3.37. The normalized spacial score (nSPS) is 12.4. The van der Waals surface area contributed by atoms with Gasteiger partial charge in [-0.1, -0.05) is 24.6 Å².